The maximum atomic E-state index is 12.7. The van der Waals surface area contributed by atoms with Crippen molar-refractivity contribution in [1.29, 1.82) is 0 Å². The molecule has 2 heterocycles. The minimum Gasteiger partial charge on any atom is -0.486 e. The number of sulfonamides is 1. The average Bonchev–Trinajstić information content (AvgIpc) is 3.04. The Labute approximate surface area is 146 Å². The molecule has 136 valence electrons. The van der Waals surface area contributed by atoms with Crippen molar-refractivity contribution in [3.63, 3.8) is 0 Å². The van der Waals surface area contributed by atoms with Crippen LogP contribution in [-0.2, 0) is 16.6 Å². The van der Waals surface area contributed by atoms with Crippen LogP contribution in [0.3, 0.4) is 0 Å². The van der Waals surface area contributed by atoms with Crippen molar-refractivity contribution >= 4 is 10.0 Å². The van der Waals surface area contributed by atoms with Gasteiger partial charge < -0.3 is 14.2 Å². The number of hydrogen-bond donors (Lipinski definition) is 1. The molecule has 10 heteroatoms. The highest BCUT2D eigenvalue weighted by Crippen LogP contribution is 2.32. The number of rotatable bonds is 6. The number of nitrogens with one attached hydrogen (secondary N) is 1. The predicted molar refractivity (Wildman–Crippen MR) is 88.4 cm³/mol. The Morgan fingerprint density at radius 2 is 2.00 bits per heavy atom. The third kappa shape index (κ3) is 3.40. The summed E-state index contributed by atoms with van der Waals surface area (Å²) < 4.78 is 45.7. The Morgan fingerprint density at radius 1 is 1.28 bits per heavy atom. The van der Waals surface area contributed by atoms with E-state index >= 15 is 0 Å². The van der Waals surface area contributed by atoms with E-state index in [1.165, 1.54) is 19.2 Å². The van der Waals surface area contributed by atoms with E-state index in [1.807, 2.05) is 6.92 Å². The molecular weight excluding hydrogens is 348 g/mol. The molecule has 1 N–H and O–H groups in total. The van der Waals surface area contributed by atoms with E-state index in [1.54, 1.807) is 17.6 Å². The Morgan fingerprint density at radius 3 is 2.68 bits per heavy atom. The summed E-state index contributed by atoms with van der Waals surface area (Å²) in [5.41, 5.74) is 0. The van der Waals surface area contributed by atoms with Crippen molar-refractivity contribution in [3.05, 3.63) is 24.0 Å². The smallest absolute Gasteiger partial charge is 0.316 e. The van der Waals surface area contributed by atoms with Crippen LogP contribution in [0.25, 0.3) is 0 Å². The van der Waals surface area contributed by atoms with Crippen molar-refractivity contribution in [2.24, 2.45) is 0 Å². The maximum Gasteiger partial charge on any atom is 0.316 e. The topological polar surface area (TPSA) is 105 Å². The highest BCUT2D eigenvalue weighted by atomic mass is 32.2. The molecule has 0 bridgehead atoms. The van der Waals surface area contributed by atoms with Gasteiger partial charge in [-0.3, -0.25) is 4.57 Å². The molecule has 9 nitrogen and oxygen atoms in total. The van der Waals surface area contributed by atoms with E-state index in [9.17, 15) is 8.42 Å². The Kier molecular flexibility index (Phi) is 4.82. The second-order valence-corrected chi connectivity index (χ2v) is 7.15. The summed E-state index contributed by atoms with van der Waals surface area (Å²) in [7, 11) is -2.28. The average molecular weight is 368 g/mol. The molecule has 0 aliphatic carbocycles. The highest BCUT2D eigenvalue weighted by molar-refractivity contribution is 7.89. The summed E-state index contributed by atoms with van der Waals surface area (Å²) in [5, 5.41) is 7.93. The summed E-state index contributed by atoms with van der Waals surface area (Å²) in [6.07, 6.45) is 0. The number of benzene rings is 1. The molecule has 1 aromatic heterocycles. The van der Waals surface area contributed by atoms with E-state index in [-0.39, 0.29) is 4.90 Å². The Bertz CT molecular complexity index is 865. The van der Waals surface area contributed by atoms with E-state index in [0.29, 0.717) is 43.1 Å². The molecule has 0 unspecified atom stereocenters. The van der Waals surface area contributed by atoms with Crippen LogP contribution in [0.5, 0.6) is 17.5 Å². The van der Waals surface area contributed by atoms with Crippen LogP contribution >= 0.6 is 0 Å². The Balaban J connectivity index is 1.85. The normalized spacial score (nSPS) is 15.0. The lowest BCUT2D eigenvalue weighted by atomic mass is 10.3. The number of methoxy groups -OCH3 is 1. The predicted octanol–water partition coefficient (Wildman–Crippen LogP) is 1.12. The first kappa shape index (κ1) is 17.5. The summed E-state index contributed by atoms with van der Waals surface area (Å²) in [6.45, 7) is 4.99. The fourth-order valence-electron chi connectivity index (χ4n) is 2.61. The molecule has 1 aliphatic rings. The zero-order valence-electron chi connectivity index (χ0n) is 14.2. The lowest BCUT2D eigenvalue weighted by Crippen LogP contribution is -2.29. The van der Waals surface area contributed by atoms with Gasteiger partial charge >= 0.3 is 6.01 Å². The first-order valence-corrected chi connectivity index (χ1v) is 9.33. The van der Waals surface area contributed by atoms with Gasteiger partial charge in [0.25, 0.3) is 0 Å². The summed E-state index contributed by atoms with van der Waals surface area (Å²) in [6, 6.07) is 4.27. The van der Waals surface area contributed by atoms with Crippen molar-refractivity contribution < 1.29 is 22.6 Å². The molecular formula is C15H20N4O5S. The SMILES string of the molecule is CCn1c(OC)nnc1[C@@H](C)NS(=O)(=O)c1ccc2c(c1)OCCO2. The van der Waals surface area contributed by atoms with Crippen molar-refractivity contribution in [1.82, 2.24) is 19.5 Å². The lowest BCUT2D eigenvalue weighted by Gasteiger charge is -2.19. The molecule has 0 saturated carbocycles. The molecule has 1 aliphatic heterocycles. The zero-order valence-corrected chi connectivity index (χ0v) is 15.0. The van der Waals surface area contributed by atoms with Gasteiger partial charge in [0.15, 0.2) is 17.3 Å². The van der Waals surface area contributed by atoms with Crippen LogP contribution in [0.4, 0.5) is 0 Å². The van der Waals surface area contributed by atoms with Crippen molar-refractivity contribution in [3.8, 4) is 17.5 Å². The van der Waals surface area contributed by atoms with Gasteiger partial charge in [0.2, 0.25) is 10.0 Å². The van der Waals surface area contributed by atoms with E-state index in [4.69, 9.17) is 14.2 Å². The second kappa shape index (κ2) is 6.89. The molecule has 1 aromatic carbocycles. The molecule has 0 saturated heterocycles. The lowest BCUT2D eigenvalue weighted by molar-refractivity contribution is 0.171. The molecule has 0 fully saturated rings. The molecule has 1 atom stereocenters. The van der Waals surface area contributed by atoms with Gasteiger partial charge in [-0.15, -0.1) is 5.10 Å². The number of hydrogen-bond acceptors (Lipinski definition) is 7. The van der Waals surface area contributed by atoms with Crippen LogP contribution in [0.1, 0.15) is 25.7 Å². The van der Waals surface area contributed by atoms with E-state index in [2.05, 4.69) is 14.9 Å². The molecule has 0 amide bonds. The van der Waals surface area contributed by atoms with Crippen LogP contribution in [-0.4, -0.2) is 43.5 Å². The van der Waals surface area contributed by atoms with Crippen molar-refractivity contribution in [2.75, 3.05) is 20.3 Å². The first-order valence-electron chi connectivity index (χ1n) is 7.85. The van der Waals surface area contributed by atoms with E-state index < -0.39 is 16.1 Å². The molecule has 3 rings (SSSR count). The van der Waals surface area contributed by atoms with Gasteiger partial charge in [0, 0.05) is 12.6 Å². The van der Waals surface area contributed by atoms with E-state index in [0.717, 1.165) is 0 Å². The van der Waals surface area contributed by atoms with Gasteiger partial charge in [0.05, 0.1) is 18.0 Å². The van der Waals surface area contributed by atoms with Crippen LogP contribution < -0.4 is 18.9 Å². The monoisotopic (exact) mass is 368 g/mol. The molecule has 25 heavy (non-hydrogen) atoms. The molecule has 0 spiro atoms. The molecule has 0 radical (unpaired) electrons. The Hall–Kier alpha value is -2.33. The number of fused-ring (bicyclic) bond motifs is 1. The fraction of sp³-hybridized carbons (Fsp3) is 0.467. The minimum absolute atomic E-state index is 0.0955. The largest absolute Gasteiger partial charge is 0.486 e. The third-order valence-corrected chi connectivity index (χ3v) is 5.33. The molecule has 2 aromatic rings. The van der Waals surface area contributed by atoms with Crippen LogP contribution in [0.15, 0.2) is 23.1 Å². The maximum absolute atomic E-state index is 12.7. The second-order valence-electron chi connectivity index (χ2n) is 5.44. The number of ether oxygens (including phenoxy) is 3. The van der Waals surface area contributed by atoms with Gasteiger partial charge in [-0.1, -0.05) is 5.10 Å². The summed E-state index contributed by atoms with van der Waals surface area (Å²) in [5.74, 6) is 1.43. The third-order valence-electron chi connectivity index (χ3n) is 3.79. The quantitative estimate of drug-likeness (QED) is 0.814. The first-order chi connectivity index (χ1) is 12.0. The standard InChI is InChI=1S/C15H20N4O5S/c1-4-19-14(16-17-15(19)22-3)10(2)18-25(20,21)11-5-6-12-13(9-11)24-8-7-23-12/h5-6,9-10,18H,4,7-8H2,1-3H3/t10-/m1/s1. The fourth-order valence-corrected chi connectivity index (χ4v) is 3.83. The summed E-state index contributed by atoms with van der Waals surface area (Å²) in [4.78, 5) is 0.0955. The van der Waals surface area contributed by atoms with Gasteiger partial charge in [-0.05, 0) is 26.0 Å². The van der Waals surface area contributed by atoms with Crippen molar-refractivity contribution in [2.45, 2.75) is 31.3 Å². The van der Waals surface area contributed by atoms with Crippen LogP contribution in [0.2, 0.25) is 0 Å². The number of nitrogens with zero attached hydrogens (tertiary/aromatic N) is 3. The highest BCUT2D eigenvalue weighted by Gasteiger charge is 2.25. The summed E-state index contributed by atoms with van der Waals surface area (Å²) >= 11 is 0. The zero-order chi connectivity index (χ0) is 18.0. The van der Waals surface area contributed by atoms with Gasteiger partial charge in [-0.2, -0.15) is 0 Å². The van der Waals surface area contributed by atoms with Crippen LogP contribution in [0, 0.1) is 0 Å². The van der Waals surface area contributed by atoms with Gasteiger partial charge in [0.1, 0.15) is 13.2 Å². The van der Waals surface area contributed by atoms with Gasteiger partial charge in [-0.25, -0.2) is 13.1 Å². The minimum atomic E-state index is -3.77. The number of aromatic nitrogens is 3.